The van der Waals surface area contributed by atoms with Crippen molar-refractivity contribution in [1.29, 1.82) is 0 Å². The lowest BCUT2D eigenvalue weighted by atomic mass is 9.66. The zero-order valence-electron chi connectivity index (χ0n) is 21.6. The van der Waals surface area contributed by atoms with E-state index in [9.17, 15) is 30.3 Å². The van der Waals surface area contributed by atoms with Gasteiger partial charge in [0.05, 0.1) is 39.5 Å². The highest BCUT2D eigenvalue weighted by molar-refractivity contribution is 5.79. The van der Waals surface area contributed by atoms with Crippen LogP contribution in [0.25, 0.3) is 0 Å². The maximum absolute atomic E-state index is 13.0. The van der Waals surface area contributed by atoms with E-state index in [4.69, 9.17) is 33.2 Å². The van der Waals surface area contributed by atoms with Crippen LogP contribution in [0.1, 0.15) is 28.7 Å². The number of rotatable bonds is 6. The summed E-state index contributed by atoms with van der Waals surface area (Å²) in [6, 6.07) is 6.76. The third-order valence-corrected chi connectivity index (χ3v) is 8.07. The molecule has 1 aliphatic carbocycles. The number of hydrogen-bond donors (Lipinski definition) is 5. The Hall–Kier alpha value is -3.33. The summed E-state index contributed by atoms with van der Waals surface area (Å²) in [6.45, 7) is -0.525. The predicted molar refractivity (Wildman–Crippen MR) is 131 cm³/mol. The summed E-state index contributed by atoms with van der Waals surface area (Å²) in [5.74, 6) is -0.938. The van der Waals surface area contributed by atoms with Crippen molar-refractivity contribution < 1.29 is 63.5 Å². The van der Waals surface area contributed by atoms with Crippen molar-refractivity contribution in [2.24, 2.45) is 11.8 Å². The van der Waals surface area contributed by atoms with Crippen molar-refractivity contribution >= 4 is 5.97 Å². The fourth-order valence-electron chi connectivity index (χ4n) is 6.01. The third-order valence-electron chi connectivity index (χ3n) is 8.07. The van der Waals surface area contributed by atoms with Gasteiger partial charge in [-0.3, -0.25) is 4.79 Å². The average molecular weight is 563 g/mol. The van der Waals surface area contributed by atoms with Crippen LogP contribution in [-0.2, 0) is 14.3 Å². The van der Waals surface area contributed by atoms with E-state index in [0.29, 0.717) is 28.2 Å². The van der Waals surface area contributed by atoms with E-state index in [2.05, 4.69) is 0 Å². The number of esters is 1. The Kier molecular flexibility index (Phi) is 6.89. The number of methoxy groups -OCH3 is 2. The summed E-state index contributed by atoms with van der Waals surface area (Å²) in [5.41, 5.74) is 1.84. The molecule has 0 bridgehead atoms. The molecule has 40 heavy (non-hydrogen) atoms. The van der Waals surface area contributed by atoms with Gasteiger partial charge in [-0.25, -0.2) is 0 Å². The second kappa shape index (κ2) is 10.3. The zero-order valence-corrected chi connectivity index (χ0v) is 21.6. The maximum Gasteiger partial charge on any atom is 0.310 e. The largest absolute Gasteiger partial charge is 0.493 e. The number of benzene rings is 2. The topological polar surface area (TPSA) is 183 Å². The van der Waals surface area contributed by atoms with E-state index in [0.717, 1.165) is 0 Å². The molecule has 0 amide bonds. The standard InChI is InChI=1S/C27H30O13/c1-34-16-3-10(4-17(35-2)25(16)40-27-24(32)23(31)22(30)18(7-28)39-27)19-11-5-14-15(38-9-37-14)6-12(11)21(29)13-8-36-26(33)20(13)19/h3-6,13,18-24,27-32H,7-9H2,1-2H3. The van der Waals surface area contributed by atoms with Crippen molar-refractivity contribution in [3.63, 3.8) is 0 Å². The first-order valence-electron chi connectivity index (χ1n) is 12.8. The van der Waals surface area contributed by atoms with Gasteiger partial charge in [-0.2, -0.15) is 0 Å². The van der Waals surface area contributed by atoms with Crippen LogP contribution in [0, 0.1) is 11.8 Å². The first kappa shape index (κ1) is 26.9. The average Bonchev–Trinajstić information content (AvgIpc) is 3.59. The highest BCUT2D eigenvalue weighted by atomic mass is 16.7. The van der Waals surface area contributed by atoms with Crippen LogP contribution < -0.4 is 23.7 Å². The molecule has 2 aromatic carbocycles. The van der Waals surface area contributed by atoms with Crippen molar-refractivity contribution in [2.45, 2.75) is 42.7 Å². The monoisotopic (exact) mass is 562 g/mol. The van der Waals surface area contributed by atoms with E-state index in [1.165, 1.54) is 14.2 Å². The quantitative estimate of drug-likeness (QED) is 0.287. The van der Waals surface area contributed by atoms with Gasteiger partial charge >= 0.3 is 5.97 Å². The van der Waals surface area contributed by atoms with Gasteiger partial charge in [-0.05, 0) is 41.0 Å². The summed E-state index contributed by atoms with van der Waals surface area (Å²) in [4.78, 5) is 13.0. The molecule has 9 unspecified atom stereocenters. The van der Waals surface area contributed by atoms with Crippen LogP contribution in [0.3, 0.4) is 0 Å². The van der Waals surface area contributed by atoms with Gasteiger partial charge < -0.3 is 58.7 Å². The van der Waals surface area contributed by atoms with Gasteiger partial charge in [0.1, 0.15) is 24.4 Å². The predicted octanol–water partition coefficient (Wildman–Crippen LogP) is -0.421. The van der Waals surface area contributed by atoms with E-state index < -0.39 is 67.1 Å². The Morgan fingerprint density at radius 2 is 1.52 bits per heavy atom. The van der Waals surface area contributed by atoms with E-state index >= 15 is 0 Å². The van der Waals surface area contributed by atoms with Gasteiger partial charge in [-0.15, -0.1) is 0 Å². The Bertz CT molecular complexity index is 1270. The van der Waals surface area contributed by atoms with Crippen LogP contribution in [0.4, 0.5) is 0 Å². The second-order valence-electron chi connectivity index (χ2n) is 10.1. The normalized spacial score (nSPS) is 34.1. The Morgan fingerprint density at radius 3 is 2.15 bits per heavy atom. The maximum atomic E-state index is 13.0. The number of ether oxygens (including phenoxy) is 7. The number of hydrogen-bond acceptors (Lipinski definition) is 13. The van der Waals surface area contributed by atoms with Crippen LogP contribution in [0.2, 0.25) is 0 Å². The van der Waals surface area contributed by atoms with Crippen LogP contribution in [0.5, 0.6) is 28.7 Å². The van der Waals surface area contributed by atoms with E-state index in [-0.39, 0.29) is 30.6 Å². The summed E-state index contributed by atoms with van der Waals surface area (Å²) >= 11 is 0. The third kappa shape index (κ3) is 4.12. The molecule has 13 heteroatoms. The molecule has 2 fully saturated rings. The van der Waals surface area contributed by atoms with Crippen molar-refractivity contribution in [3.05, 3.63) is 41.0 Å². The van der Waals surface area contributed by atoms with Gasteiger partial charge in [0.15, 0.2) is 23.0 Å². The minimum atomic E-state index is -1.66. The number of fused-ring (bicyclic) bond motifs is 3. The molecule has 0 aromatic heterocycles. The molecule has 13 nitrogen and oxygen atoms in total. The van der Waals surface area contributed by atoms with Gasteiger partial charge in [0.25, 0.3) is 0 Å². The molecular formula is C27H30O13. The Balaban J connectivity index is 1.43. The van der Waals surface area contributed by atoms with E-state index in [1.54, 1.807) is 24.3 Å². The van der Waals surface area contributed by atoms with Gasteiger partial charge in [0.2, 0.25) is 18.8 Å². The Morgan fingerprint density at radius 1 is 0.875 bits per heavy atom. The summed E-state index contributed by atoms with van der Waals surface area (Å²) in [7, 11) is 2.78. The zero-order chi connectivity index (χ0) is 28.3. The molecule has 0 radical (unpaired) electrons. The number of aliphatic hydroxyl groups excluding tert-OH is 5. The molecule has 216 valence electrons. The molecule has 0 spiro atoms. The number of carbonyl (C=O) groups is 1. The first-order valence-corrected chi connectivity index (χ1v) is 12.8. The molecular weight excluding hydrogens is 532 g/mol. The van der Waals surface area contributed by atoms with E-state index in [1.807, 2.05) is 0 Å². The fraction of sp³-hybridized carbons (Fsp3) is 0.519. The molecule has 3 aliphatic heterocycles. The fourth-order valence-corrected chi connectivity index (χ4v) is 6.01. The van der Waals surface area contributed by atoms with Crippen molar-refractivity contribution in [3.8, 4) is 28.7 Å². The molecule has 4 aliphatic rings. The number of aliphatic hydroxyl groups is 5. The minimum absolute atomic E-state index is 0.0189. The van der Waals surface area contributed by atoms with Crippen molar-refractivity contribution in [1.82, 2.24) is 0 Å². The SMILES string of the molecule is COc1cc(C2c3cc4c(cc3C(O)C3COC(=O)C23)OCO4)cc(OC)c1OC1OC(CO)C(O)C(O)C1O. The summed E-state index contributed by atoms with van der Waals surface area (Å²) < 4.78 is 39.1. The summed E-state index contributed by atoms with van der Waals surface area (Å²) in [6.07, 6.45) is -8.48. The molecule has 2 saturated heterocycles. The second-order valence-corrected chi connectivity index (χ2v) is 10.1. The van der Waals surface area contributed by atoms with Gasteiger partial charge in [0, 0.05) is 11.8 Å². The van der Waals surface area contributed by atoms with Crippen LogP contribution >= 0.6 is 0 Å². The lowest BCUT2D eigenvalue weighted by Gasteiger charge is -2.40. The number of carbonyl (C=O) groups excluding carboxylic acids is 1. The minimum Gasteiger partial charge on any atom is -0.493 e. The number of cyclic esters (lactones) is 1. The highest BCUT2D eigenvalue weighted by Crippen LogP contribution is 2.55. The molecule has 0 saturated carbocycles. The van der Waals surface area contributed by atoms with Crippen LogP contribution in [-0.4, -0.2) is 96.4 Å². The van der Waals surface area contributed by atoms with Gasteiger partial charge in [-0.1, -0.05) is 0 Å². The van der Waals surface area contributed by atoms with Crippen LogP contribution in [0.15, 0.2) is 24.3 Å². The van der Waals surface area contributed by atoms with Crippen molar-refractivity contribution in [2.75, 3.05) is 34.2 Å². The summed E-state index contributed by atoms with van der Waals surface area (Å²) in [5, 5.41) is 51.5. The lowest BCUT2D eigenvalue weighted by molar-refractivity contribution is -0.277. The molecule has 3 heterocycles. The first-order chi connectivity index (χ1) is 19.3. The molecule has 6 rings (SSSR count). The molecule has 5 N–H and O–H groups in total. The lowest BCUT2D eigenvalue weighted by Crippen LogP contribution is -2.60. The molecule has 2 aromatic rings. The molecule has 9 atom stereocenters. The smallest absolute Gasteiger partial charge is 0.310 e. The Labute approximate surface area is 228 Å². The highest BCUT2D eigenvalue weighted by Gasteiger charge is 2.52.